The Bertz CT molecular complexity index is 7.51. The second kappa shape index (κ2) is 36.3. The molecule has 6 heavy (non-hydrogen) atoms. The van der Waals surface area contributed by atoms with Crippen LogP contribution in [0.1, 0.15) is 0 Å². The molecule has 0 amide bonds. The molecule has 0 heterocycles. The van der Waals surface area contributed by atoms with E-state index >= 15 is 0 Å². The van der Waals surface area contributed by atoms with Gasteiger partial charge in [-0.25, -0.2) is 13.5 Å². The average Bonchev–Trinajstić information content (AvgIpc) is 0. The monoisotopic (exact) mass is 414 g/mol. The van der Waals surface area contributed by atoms with Crippen LogP contribution in [0.5, 0.6) is 0 Å². The minimum atomic E-state index is 0. The Hall–Kier alpha value is 3.95. The summed E-state index contributed by atoms with van der Waals surface area (Å²) >= 11 is 0. The third kappa shape index (κ3) is 24.6. The zero-order valence-electron chi connectivity index (χ0n) is 3.23. The first-order valence-electron chi connectivity index (χ1n) is 0. The van der Waals surface area contributed by atoms with Crippen molar-refractivity contribution in [2.75, 3.05) is 0 Å². The van der Waals surface area contributed by atoms with E-state index in [1.165, 1.54) is 0 Å². The van der Waals surface area contributed by atoms with Crippen molar-refractivity contribution in [3.05, 3.63) is 0 Å². The fourth-order valence-electron chi connectivity index (χ4n) is 0. The fourth-order valence-corrected chi connectivity index (χ4v) is 0. The molecule has 40 valence electrons. The van der Waals surface area contributed by atoms with Crippen LogP contribution in [0.4, 0.5) is 0 Å². The number of hydrogen-bond donors (Lipinski definition) is 0. The van der Waals surface area contributed by atoms with Gasteiger partial charge in [0, 0.05) is 0 Å². The molecule has 0 nitrogen and oxygen atoms in total. The quantitative estimate of drug-likeness (QED) is 0.354. The smallest absolute Gasteiger partial charge is 2.00 e. The third-order valence-corrected chi connectivity index (χ3v) is 0. The van der Waals surface area contributed by atoms with Crippen molar-refractivity contribution in [1.29, 1.82) is 0 Å². The van der Waals surface area contributed by atoms with Gasteiger partial charge >= 0.3 is 80.6 Å². The largest absolute Gasteiger partial charge is 3.00 e. The van der Waals surface area contributed by atoms with Crippen molar-refractivity contribution in [2.24, 2.45) is 0 Å². The van der Waals surface area contributed by atoms with E-state index in [9.17, 15) is 0 Å². The van der Waals surface area contributed by atoms with Gasteiger partial charge in [0.2, 0.25) is 0 Å². The maximum Gasteiger partial charge on any atom is 3.00 e. The zero-order valence-corrected chi connectivity index (χ0v) is 14.2. The molecule has 0 aliphatic rings. The van der Waals surface area contributed by atoms with Crippen LogP contribution < -0.4 is 58.2 Å². The molecule has 0 aromatic heterocycles. The molecule has 0 fully saturated rings. The summed E-state index contributed by atoms with van der Waals surface area (Å²) in [5, 5.41) is 0. The maximum absolute atomic E-state index is 0. The van der Waals surface area contributed by atoms with Crippen LogP contribution in [0, 0.1) is 0 Å². The van der Waals surface area contributed by atoms with Crippen LogP contribution in [0.2, 0.25) is 0 Å². The van der Waals surface area contributed by atoms with E-state index < -0.39 is 0 Å². The summed E-state index contributed by atoms with van der Waals surface area (Å²) in [7, 11) is 0. The van der Waals surface area contributed by atoms with Crippen LogP contribution in [-0.4, -0.2) is 0 Å². The summed E-state index contributed by atoms with van der Waals surface area (Å²) in [4.78, 5) is 0. The van der Waals surface area contributed by atoms with E-state index in [4.69, 9.17) is 0 Å². The van der Waals surface area contributed by atoms with Crippen molar-refractivity contribution in [3.8, 4) is 0 Å². The van der Waals surface area contributed by atoms with Crippen molar-refractivity contribution in [1.82, 2.24) is 0 Å². The molecule has 0 aliphatic carbocycles. The minimum absolute atomic E-state index is 0. The number of hydrogen-bond acceptors (Lipinski definition) is 0. The molecule has 0 radical (unpaired) electrons. The molecule has 0 saturated carbocycles. The van der Waals surface area contributed by atoms with Gasteiger partial charge in [-0.2, -0.15) is 0 Å². The molecule has 0 unspecified atom stereocenters. The Morgan fingerprint density at radius 2 is 0.667 bits per heavy atom. The van der Waals surface area contributed by atoms with Gasteiger partial charge in [0.05, 0.1) is 0 Å². The Kier molecular flexibility index (Phi) is 309. The Balaban J connectivity index is 0. The van der Waals surface area contributed by atoms with Crippen LogP contribution in [0.25, 0.3) is 0 Å². The summed E-state index contributed by atoms with van der Waals surface area (Å²) in [5.41, 5.74) is 0. The normalized spacial score (nSPS) is 0. The molecule has 0 saturated heterocycles. The van der Waals surface area contributed by atoms with Crippen LogP contribution in [0.3, 0.4) is 0 Å². The van der Waals surface area contributed by atoms with Gasteiger partial charge in [-0.3, -0.25) is 0 Å². The fraction of sp³-hybridized carbons (Fsp3) is 0. The summed E-state index contributed by atoms with van der Waals surface area (Å²) in [5.74, 6) is 0. The molecule has 6 heteroatoms. The molecule has 0 aromatic carbocycles. The predicted octanol–water partition coefficient (Wildman–Crippen LogP) is -4.08. The standard InChI is InChI=1S/Au.Rb.H4S.3S/h;;1H4;;;/q+3;+1;+2;3*-2. The third-order valence-electron chi connectivity index (χ3n) is 0. The van der Waals surface area contributed by atoms with E-state index in [1.54, 1.807) is 0 Å². The van der Waals surface area contributed by atoms with Gasteiger partial charge in [0.1, 0.15) is 0 Å². The second-order valence-corrected chi connectivity index (χ2v) is 0. The van der Waals surface area contributed by atoms with E-state index in [0.29, 0.717) is 0 Å². The van der Waals surface area contributed by atoms with Crippen LogP contribution >= 0.6 is 0 Å². The van der Waals surface area contributed by atoms with Crippen LogP contribution in [0.15, 0.2) is 0 Å². The summed E-state index contributed by atoms with van der Waals surface area (Å²) in [6, 6.07) is 0. The first kappa shape index (κ1) is 51.1. The van der Waals surface area contributed by atoms with Gasteiger partial charge in [0.15, 0.2) is 0 Å². The van der Waals surface area contributed by atoms with Crippen molar-refractivity contribution in [3.63, 3.8) is 0 Å². The molecule has 0 aromatic rings. The van der Waals surface area contributed by atoms with Gasteiger partial charge in [0.25, 0.3) is 0 Å². The molecule has 0 atom stereocenters. The van der Waals surface area contributed by atoms with E-state index in [0.717, 1.165) is 0 Å². The summed E-state index contributed by atoms with van der Waals surface area (Å²) in [6.45, 7) is 0. The zero-order chi connectivity index (χ0) is 0. The molecule has 0 N–H and O–H groups in total. The SMILES string of the molecule is [Au+3].[Rb+].[S-2].[S-2].[S-2].[SH4+2]. The van der Waals surface area contributed by atoms with Gasteiger partial charge < -0.3 is 40.5 Å². The molecular formula is H4AuRbS4. The Labute approximate surface area is 131 Å². The van der Waals surface area contributed by atoms with Crippen molar-refractivity contribution >= 4 is 54.0 Å². The maximum atomic E-state index is 0. The van der Waals surface area contributed by atoms with E-state index in [1.807, 2.05) is 0 Å². The molecule has 0 rings (SSSR count). The van der Waals surface area contributed by atoms with E-state index in [-0.39, 0.29) is 135 Å². The van der Waals surface area contributed by atoms with Crippen LogP contribution in [-0.2, 0) is 76.4 Å². The Morgan fingerprint density at radius 1 is 0.667 bits per heavy atom. The van der Waals surface area contributed by atoms with Crippen molar-refractivity contribution < 1.29 is 80.6 Å². The first-order valence-corrected chi connectivity index (χ1v) is 0. The molecule has 0 bridgehead atoms. The number of rotatable bonds is 0. The van der Waals surface area contributed by atoms with Gasteiger partial charge in [-0.15, -0.1) is 0 Å². The molecular weight excluding hydrogens is 411 g/mol. The minimum Gasteiger partial charge on any atom is -2.00 e. The average molecular weight is 415 g/mol. The predicted molar refractivity (Wildman–Crippen MR) is 35.0 cm³/mol. The van der Waals surface area contributed by atoms with Gasteiger partial charge in [-0.1, -0.05) is 0 Å². The molecule has 0 aliphatic heterocycles. The first-order chi connectivity index (χ1) is 0. The molecule has 0 spiro atoms. The summed E-state index contributed by atoms with van der Waals surface area (Å²) in [6.07, 6.45) is 0. The van der Waals surface area contributed by atoms with Gasteiger partial charge in [-0.05, 0) is 0 Å². The summed E-state index contributed by atoms with van der Waals surface area (Å²) < 4.78 is 0. The topological polar surface area (TPSA) is 0 Å². The second-order valence-electron chi connectivity index (χ2n) is 0. The van der Waals surface area contributed by atoms with Crippen molar-refractivity contribution in [2.45, 2.75) is 0 Å². The van der Waals surface area contributed by atoms with E-state index in [2.05, 4.69) is 0 Å². The Morgan fingerprint density at radius 3 is 0.667 bits per heavy atom.